The molecule has 0 saturated carbocycles. The van der Waals surface area contributed by atoms with Crippen LogP contribution >= 0.6 is 27.5 Å². The number of rotatable bonds is 4. The number of piperidine rings is 1. The summed E-state index contributed by atoms with van der Waals surface area (Å²) in [5.74, 6) is -0.258. The van der Waals surface area contributed by atoms with Crippen LogP contribution in [0, 0.1) is 5.92 Å². The Morgan fingerprint density at radius 2 is 2.07 bits per heavy atom. The first-order chi connectivity index (χ1) is 13.5. The van der Waals surface area contributed by atoms with Crippen molar-refractivity contribution in [2.75, 3.05) is 20.2 Å². The number of pyridine rings is 1. The van der Waals surface area contributed by atoms with Crippen LogP contribution in [0.1, 0.15) is 36.4 Å². The van der Waals surface area contributed by atoms with Crippen molar-refractivity contribution >= 4 is 33.5 Å². The van der Waals surface area contributed by atoms with E-state index in [1.807, 2.05) is 18.2 Å². The summed E-state index contributed by atoms with van der Waals surface area (Å²) in [6.45, 7) is 1.59. The third-order valence-electron chi connectivity index (χ3n) is 5.87. The number of benzene rings is 1. The number of carboxylic acids is 1. The van der Waals surface area contributed by atoms with Gasteiger partial charge in [-0.15, -0.1) is 0 Å². The monoisotopic (exact) mass is 464 g/mol. The molecule has 0 amide bonds. The van der Waals surface area contributed by atoms with Gasteiger partial charge in [0.05, 0.1) is 23.7 Å². The third kappa shape index (κ3) is 3.53. The zero-order valence-electron chi connectivity index (χ0n) is 15.6. The van der Waals surface area contributed by atoms with Crippen molar-refractivity contribution in [2.45, 2.75) is 31.7 Å². The standard InChI is InChI=1S/C21H22BrClN2O3/c1-28-20-18-13(11-16(24-20)14-3-2-4-15(22)19(14)23)5-6-17(18)25-9-7-12(8-10-25)21(26)27/h2-4,11-12,17H,5-10H2,1H3,(H,26,27)/t17-/m0/s1. The van der Waals surface area contributed by atoms with Gasteiger partial charge in [0.2, 0.25) is 5.88 Å². The zero-order valence-corrected chi connectivity index (χ0v) is 18.0. The lowest BCUT2D eigenvalue weighted by molar-refractivity contribution is -0.143. The van der Waals surface area contributed by atoms with E-state index < -0.39 is 5.97 Å². The molecule has 0 radical (unpaired) electrons. The number of hydrogen-bond donors (Lipinski definition) is 1. The molecule has 2 aromatic rings. The molecule has 2 aliphatic rings. The van der Waals surface area contributed by atoms with Crippen molar-refractivity contribution in [2.24, 2.45) is 5.92 Å². The average Bonchev–Trinajstić information content (AvgIpc) is 3.13. The first-order valence-corrected chi connectivity index (χ1v) is 10.7. The van der Waals surface area contributed by atoms with Crippen LogP contribution in [0.15, 0.2) is 28.7 Å². The van der Waals surface area contributed by atoms with E-state index in [1.54, 1.807) is 7.11 Å². The Morgan fingerprint density at radius 1 is 1.32 bits per heavy atom. The van der Waals surface area contributed by atoms with Crippen molar-refractivity contribution < 1.29 is 14.6 Å². The molecule has 148 valence electrons. The fourth-order valence-electron chi connectivity index (χ4n) is 4.40. The Morgan fingerprint density at radius 3 is 2.75 bits per heavy atom. The highest BCUT2D eigenvalue weighted by atomic mass is 79.9. The van der Waals surface area contributed by atoms with E-state index in [9.17, 15) is 9.90 Å². The molecule has 1 atom stereocenters. The van der Waals surface area contributed by atoms with E-state index in [0.29, 0.717) is 23.7 Å². The van der Waals surface area contributed by atoms with Gasteiger partial charge in [0.1, 0.15) is 0 Å². The molecule has 2 heterocycles. The van der Waals surface area contributed by atoms with Crippen LogP contribution in [0.25, 0.3) is 11.3 Å². The predicted molar refractivity (Wildman–Crippen MR) is 112 cm³/mol. The minimum atomic E-state index is -0.679. The van der Waals surface area contributed by atoms with Crippen LogP contribution in [-0.4, -0.2) is 41.2 Å². The molecule has 1 saturated heterocycles. The van der Waals surface area contributed by atoms with Gasteiger partial charge in [-0.1, -0.05) is 23.7 Å². The average molecular weight is 466 g/mol. The molecule has 1 aromatic carbocycles. The molecule has 1 N–H and O–H groups in total. The summed E-state index contributed by atoms with van der Waals surface area (Å²) in [6, 6.07) is 8.18. The normalized spacial score (nSPS) is 20.2. The van der Waals surface area contributed by atoms with E-state index in [0.717, 1.165) is 47.2 Å². The van der Waals surface area contributed by atoms with Gasteiger partial charge in [-0.3, -0.25) is 9.69 Å². The minimum Gasteiger partial charge on any atom is -0.481 e. The Bertz CT molecular complexity index is 913. The molecule has 0 spiro atoms. The highest BCUT2D eigenvalue weighted by molar-refractivity contribution is 9.10. The van der Waals surface area contributed by atoms with Gasteiger partial charge < -0.3 is 9.84 Å². The van der Waals surface area contributed by atoms with Crippen LogP contribution in [0.4, 0.5) is 0 Å². The summed E-state index contributed by atoms with van der Waals surface area (Å²) in [4.78, 5) is 18.4. The maximum atomic E-state index is 11.2. The van der Waals surface area contributed by atoms with Gasteiger partial charge in [-0.2, -0.15) is 0 Å². The lowest BCUT2D eigenvalue weighted by Gasteiger charge is -2.35. The van der Waals surface area contributed by atoms with Crippen LogP contribution in [0.3, 0.4) is 0 Å². The molecule has 1 aromatic heterocycles. The first-order valence-electron chi connectivity index (χ1n) is 9.48. The summed E-state index contributed by atoms with van der Waals surface area (Å²) in [7, 11) is 1.65. The second kappa shape index (κ2) is 8.01. The molecule has 1 aliphatic carbocycles. The number of methoxy groups -OCH3 is 1. The van der Waals surface area contributed by atoms with Crippen molar-refractivity contribution in [3.05, 3.63) is 44.9 Å². The number of ether oxygens (including phenoxy) is 1. The van der Waals surface area contributed by atoms with Gasteiger partial charge in [0.25, 0.3) is 0 Å². The molecule has 0 bridgehead atoms. The molecule has 0 unspecified atom stereocenters. The Kier molecular flexibility index (Phi) is 5.63. The van der Waals surface area contributed by atoms with E-state index in [-0.39, 0.29) is 12.0 Å². The Hall–Kier alpha value is -1.63. The number of carbonyl (C=O) groups is 1. The number of likely N-dealkylation sites (tertiary alicyclic amines) is 1. The second-order valence-electron chi connectivity index (χ2n) is 7.39. The van der Waals surface area contributed by atoms with E-state index in [1.165, 1.54) is 5.56 Å². The smallest absolute Gasteiger partial charge is 0.306 e. The van der Waals surface area contributed by atoms with Crippen LogP contribution in [-0.2, 0) is 11.2 Å². The highest BCUT2D eigenvalue weighted by Crippen LogP contribution is 2.44. The fourth-order valence-corrected chi connectivity index (χ4v) is 4.99. The predicted octanol–water partition coefficient (Wildman–Crippen LogP) is 4.96. The molecule has 1 aliphatic heterocycles. The summed E-state index contributed by atoms with van der Waals surface area (Å²) in [6.07, 6.45) is 3.35. The maximum Gasteiger partial charge on any atom is 0.306 e. The van der Waals surface area contributed by atoms with Crippen molar-refractivity contribution in [3.8, 4) is 17.1 Å². The number of aliphatic carboxylic acids is 1. The summed E-state index contributed by atoms with van der Waals surface area (Å²) >= 11 is 9.96. The van der Waals surface area contributed by atoms with E-state index >= 15 is 0 Å². The van der Waals surface area contributed by atoms with Gasteiger partial charge in [0.15, 0.2) is 0 Å². The SMILES string of the molecule is COc1nc(-c2cccc(Br)c2Cl)cc2c1[C@@H](N1CCC(C(=O)O)CC1)CC2. The number of carboxylic acid groups (broad SMARTS) is 1. The largest absolute Gasteiger partial charge is 0.481 e. The topological polar surface area (TPSA) is 62.7 Å². The quantitative estimate of drug-likeness (QED) is 0.692. The van der Waals surface area contributed by atoms with Crippen LogP contribution < -0.4 is 4.74 Å². The van der Waals surface area contributed by atoms with Crippen LogP contribution in [0.5, 0.6) is 5.88 Å². The highest BCUT2D eigenvalue weighted by Gasteiger charge is 2.35. The van der Waals surface area contributed by atoms with E-state index in [4.69, 9.17) is 21.3 Å². The molecular weight excluding hydrogens is 444 g/mol. The molecule has 1 fully saturated rings. The van der Waals surface area contributed by atoms with Gasteiger partial charge in [0, 0.05) is 21.6 Å². The summed E-state index contributed by atoms with van der Waals surface area (Å²) in [5.41, 5.74) is 4.07. The zero-order chi connectivity index (χ0) is 19.8. The second-order valence-corrected chi connectivity index (χ2v) is 8.63. The number of aromatic nitrogens is 1. The molecule has 28 heavy (non-hydrogen) atoms. The maximum absolute atomic E-state index is 11.2. The molecule has 5 nitrogen and oxygen atoms in total. The molecular formula is C21H22BrClN2O3. The lowest BCUT2D eigenvalue weighted by Crippen LogP contribution is -2.38. The van der Waals surface area contributed by atoms with Gasteiger partial charge in [-0.25, -0.2) is 4.98 Å². The van der Waals surface area contributed by atoms with Crippen molar-refractivity contribution in [1.82, 2.24) is 9.88 Å². The minimum absolute atomic E-state index is 0.224. The number of aryl methyl sites for hydroxylation is 1. The number of nitrogens with zero attached hydrogens (tertiary/aromatic N) is 2. The summed E-state index contributed by atoms with van der Waals surface area (Å²) < 4.78 is 6.52. The Labute approximate surface area is 177 Å². The Balaban J connectivity index is 1.66. The van der Waals surface area contributed by atoms with Gasteiger partial charge >= 0.3 is 5.97 Å². The van der Waals surface area contributed by atoms with E-state index in [2.05, 4.69) is 26.9 Å². The molecule has 4 rings (SSSR count). The third-order valence-corrected chi connectivity index (χ3v) is 7.17. The number of fused-ring (bicyclic) bond motifs is 1. The molecule has 7 heteroatoms. The number of halogens is 2. The summed E-state index contributed by atoms with van der Waals surface area (Å²) in [5, 5.41) is 9.89. The van der Waals surface area contributed by atoms with Crippen molar-refractivity contribution in [1.29, 1.82) is 0 Å². The lowest BCUT2D eigenvalue weighted by atomic mass is 9.95. The van der Waals surface area contributed by atoms with Crippen molar-refractivity contribution in [3.63, 3.8) is 0 Å². The van der Waals surface area contributed by atoms with Gasteiger partial charge in [-0.05, 0) is 72.4 Å². The number of hydrogen-bond acceptors (Lipinski definition) is 4. The first kappa shape index (κ1) is 19.7. The fraction of sp³-hybridized carbons (Fsp3) is 0.429. The van der Waals surface area contributed by atoms with Crippen LogP contribution in [0.2, 0.25) is 5.02 Å².